The van der Waals surface area contributed by atoms with Crippen molar-refractivity contribution in [1.82, 2.24) is 0 Å². The van der Waals surface area contributed by atoms with Gasteiger partial charge >= 0.3 is 0 Å². The summed E-state index contributed by atoms with van der Waals surface area (Å²) in [5, 5.41) is 9.09. The van der Waals surface area contributed by atoms with Gasteiger partial charge in [-0.05, 0) is 24.1 Å². The maximum absolute atomic E-state index is 9.09. The van der Waals surface area contributed by atoms with Gasteiger partial charge < -0.3 is 10.8 Å². The fourth-order valence-electron chi connectivity index (χ4n) is 1.37. The molecule has 0 heterocycles. The maximum Gasteiger partial charge on any atom is 0.115 e. The molecule has 0 spiro atoms. The highest BCUT2D eigenvalue weighted by molar-refractivity contribution is 6.20. The molecule has 0 aliphatic rings. The van der Waals surface area contributed by atoms with E-state index in [0.717, 1.165) is 12.0 Å². The van der Waals surface area contributed by atoms with Crippen molar-refractivity contribution in [1.29, 1.82) is 0 Å². The lowest BCUT2D eigenvalue weighted by atomic mass is 9.96. The second kappa shape index (κ2) is 4.49. The monoisotopic (exact) mass is 199 g/mol. The summed E-state index contributed by atoms with van der Waals surface area (Å²) in [5.74, 6) is 0.420. The largest absolute Gasteiger partial charge is 0.508 e. The van der Waals surface area contributed by atoms with Crippen molar-refractivity contribution in [3.63, 3.8) is 0 Å². The zero-order valence-corrected chi connectivity index (χ0v) is 8.33. The van der Waals surface area contributed by atoms with E-state index in [1.165, 1.54) is 0 Å². The van der Waals surface area contributed by atoms with Crippen molar-refractivity contribution < 1.29 is 5.11 Å². The molecule has 1 rings (SSSR count). The smallest absolute Gasteiger partial charge is 0.115 e. The molecule has 0 saturated heterocycles. The highest BCUT2D eigenvalue weighted by Gasteiger charge is 2.15. The van der Waals surface area contributed by atoms with Crippen molar-refractivity contribution >= 4 is 11.6 Å². The Labute approximate surface area is 83.3 Å². The number of alkyl halides is 1. The van der Waals surface area contributed by atoms with Gasteiger partial charge in [0.2, 0.25) is 0 Å². The summed E-state index contributed by atoms with van der Waals surface area (Å²) in [7, 11) is 0. The Kier molecular flexibility index (Phi) is 3.58. The molecule has 0 aromatic heterocycles. The van der Waals surface area contributed by atoms with E-state index in [-0.39, 0.29) is 17.2 Å². The van der Waals surface area contributed by atoms with Gasteiger partial charge in [-0.1, -0.05) is 19.1 Å². The topological polar surface area (TPSA) is 46.2 Å². The summed E-state index contributed by atoms with van der Waals surface area (Å²) >= 11 is 5.83. The lowest BCUT2D eigenvalue weighted by Gasteiger charge is -2.17. The van der Waals surface area contributed by atoms with E-state index in [4.69, 9.17) is 22.4 Å². The molecule has 13 heavy (non-hydrogen) atoms. The van der Waals surface area contributed by atoms with E-state index in [0.29, 0.717) is 0 Å². The van der Waals surface area contributed by atoms with Gasteiger partial charge in [-0.3, -0.25) is 0 Å². The predicted molar refractivity (Wildman–Crippen MR) is 55.0 cm³/mol. The number of hydrogen-bond acceptors (Lipinski definition) is 2. The molecule has 1 aromatic carbocycles. The highest BCUT2D eigenvalue weighted by atomic mass is 35.5. The number of halogens is 1. The van der Waals surface area contributed by atoms with Crippen LogP contribution in [0.4, 0.5) is 0 Å². The summed E-state index contributed by atoms with van der Waals surface area (Å²) in [6.45, 7) is 2.04. The van der Waals surface area contributed by atoms with E-state index >= 15 is 0 Å². The van der Waals surface area contributed by atoms with Crippen LogP contribution in [-0.2, 0) is 0 Å². The van der Waals surface area contributed by atoms with Gasteiger partial charge in [0.25, 0.3) is 0 Å². The van der Waals surface area contributed by atoms with Gasteiger partial charge in [-0.2, -0.15) is 0 Å². The number of hydrogen-bond donors (Lipinski definition) is 2. The van der Waals surface area contributed by atoms with E-state index in [2.05, 4.69) is 0 Å². The van der Waals surface area contributed by atoms with Crippen molar-refractivity contribution in [2.45, 2.75) is 24.8 Å². The molecule has 72 valence electrons. The molecule has 0 fully saturated rings. The molecule has 0 aliphatic carbocycles. The van der Waals surface area contributed by atoms with Gasteiger partial charge in [0.1, 0.15) is 5.75 Å². The van der Waals surface area contributed by atoms with Gasteiger partial charge in [-0.15, -0.1) is 11.6 Å². The number of aromatic hydroxyl groups is 1. The summed E-state index contributed by atoms with van der Waals surface area (Å²) in [5.41, 5.74) is 6.33. The normalized spacial score (nSPS) is 15.3. The zero-order valence-electron chi connectivity index (χ0n) is 7.57. The molecule has 1 aromatic rings. The highest BCUT2D eigenvalue weighted by Crippen LogP contribution is 2.25. The van der Waals surface area contributed by atoms with Crippen LogP contribution in [0.1, 0.15) is 24.8 Å². The SMILES string of the molecule is CCC(c1ccc(O)cc1)C(N)Cl. The Hall–Kier alpha value is -0.730. The molecule has 0 aliphatic heterocycles. The van der Waals surface area contributed by atoms with Crippen molar-refractivity contribution in [2.75, 3.05) is 0 Å². The van der Waals surface area contributed by atoms with Crippen LogP contribution < -0.4 is 5.73 Å². The minimum atomic E-state index is -0.366. The Morgan fingerprint density at radius 3 is 2.31 bits per heavy atom. The van der Waals surface area contributed by atoms with E-state index in [1.807, 2.05) is 19.1 Å². The Morgan fingerprint density at radius 2 is 1.92 bits per heavy atom. The fraction of sp³-hybridized carbons (Fsp3) is 0.400. The van der Waals surface area contributed by atoms with Gasteiger partial charge in [0, 0.05) is 5.92 Å². The van der Waals surface area contributed by atoms with Crippen LogP contribution in [0.25, 0.3) is 0 Å². The summed E-state index contributed by atoms with van der Waals surface area (Å²) in [4.78, 5) is 0. The molecule has 0 radical (unpaired) electrons. The quantitative estimate of drug-likeness (QED) is 0.580. The Balaban J connectivity index is 2.86. The maximum atomic E-state index is 9.09. The lowest BCUT2D eigenvalue weighted by molar-refractivity contribution is 0.474. The van der Waals surface area contributed by atoms with Crippen LogP contribution in [-0.4, -0.2) is 10.6 Å². The average molecular weight is 200 g/mol. The molecule has 2 atom stereocenters. The van der Waals surface area contributed by atoms with Gasteiger partial charge in [0.05, 0.1) is 5.50 Å². The van der Waals surface area contributed by atoms with Crippen LogP contribution in [0.15, 0.2) is 24.3 Å². The molecule has 2 nitrogen and oxygen atoms in total. The molecule has 0 amide bonds. The number of benzene rings is 1. The van der Waals surface area contributed by atoms with E-state index in [9.17, 15) is 0 Å². The van der Waals surface area contributed by atoms with E-state index in [1.54, 1.807) is 12.1 Å². The summed E-state index contributed by atoms with van der Waals surface area (Å²) in [6, 6.07) is 7.01. The van der Waals surface area contributed by atoms with Gasteiger partial charge in [-0.25, -0.2) is 0 Å². The summed E-state index contributed by atoms with van der Waals surface area (Å²) < 4.78 is 0. The number of nitrogens with two attached hydrogens (primary N) is 1. The zero-order chi connectivity index (χ0) is 9.84. The second-order valence-corrected chi connectivity index (χ2v) is 3.55. The van der Waals surface area contributed by atoms with Crippen LogP contribution >= 0.6 is 11.6 Å². The molecule has 2 unspecified atom stereocenters. The third-order valence-corrected chi connectivity index (χ3v) is 2.45. The fourth-order valence-corrected chi connectivity index (χ4v) is 1.69. The average Bonchev–Trinajstić information content (AvgIpc) is 2.09. The molecular formula is C10H14ClNO. The Bertz CT molecular complexity index is 258. The third kappa shape index (κ3) is 2.61. The number of phenols is 1. The molecule has 0 saturated carbocycles. The minimum absolute atomic E-state index is 0.155. The van der Waals surface area contributed by atoms with Crippen LogP contribution in [0, 0.1) is 0 Å². The molecule has 0 bridgehead atoms. The predicted octanol–water partition coefficient (Wildman–Crippen LogP) is 2.41. The van der Waals surface area contributed by atoms with E-state index < -0.39 is 0 Å². The second-order valence-electron chi connectivity index (χ2n) is 3.05. The lowest BCUT2D eigenvalue weighted by Crippen LogP contribution is -2.21. The van der Waals surface area contributed by atoms with Crippen molar-refractivity contribution in [3.8, 4) is 5.75 Å². The van der Waals surface area contributed by atoms with Crippen LogP contribution in [0.3, 0.4) is 0 Å². The summed E-state index contributed by atoms with van der Waals surface area (Å²) in [6.07, 6.45) is 0.898. The molecule has 3 heteroatoms. The molecular weight excluding hydrogens is 186 g/mol. The van der Waals surface area contributed by atoms with Crippen molar-refractivity contribution in [2.24, 2.45) is 5.73 Å². The first-order chi connectivity index (χ1) is 6.15. The minimum Gasteiger partial charge on any atom is -0.508 e. The number of rotatable bonds is 3. The first-order valence-electron chi connectivity index (χ1n) is 4.33. The van der Waals surface area contributed by atoms with Crippen LogP contribution in [0.5, 0.6) is 5.75 Å². The first kappa shape index (κ1) is 10.4. The van der Waals surface area contributed by atoms with Crippen molar-refractivity contribution in [3.05, 3.63) is 29.8 Å². The van der Waals surface area contributed by atoms with Crippen LogP contribution in [0.2, 0.25) is 0 Å². The molecule has 3 N–H and O–H groups in total. The van der Waals surface area contributed by atoms with Gasteiger partial charge in [0.15, 0.2) is 0 Å². The third-order valence-electron chi connectivity index (χ3n) is 2.15. The first-order valence-corrected chi connectivity index (χ1v) is 4.77. The number of phenolic OH excluding ortho intramolecular Hbond substituents is 1. The standard InChI is InChI=1S/C10H14ClNO/c1-2-9(10(11)12)7-3-5-8(13)6-4-7/h3-6,9-10,13H,2,12H2,1H3. The Morgan fingerprint density at radius 1 is 1.38 bits per heavy atom.